The first kappa shape index (κ1) is 14.4. The molecule has 0 aliphatic rings. The van der Waals surface area contributed by atoms with E-state index in [1.807, 2.05) is 42.8 Å². The molecule has 0 spiro atoms. The van der Waals surface area contributed by atoms with Gasteiger partial charge in [-0.15, -0.1) is 0 Å². The van der Waals surface area contributed by atoms with Gasteiger partial charge in [-0.2, -0.15) is 0 Å². The second-order valence-corrected chi connectivity index (χ2v) is 4.15. The van der Waals surface area contributed by atoms with Crippen molar-refractivity contribution in [1.82, 2.24) is 9.88 Å². The molecule has 1 aromatic heterocycles. The zero-order valence-electron chi connectivity index (χ0n) is 11.4. The second-order valence-electron chi connectivity index (χ2n) is 4.15. The Morgan fingerprint density at radius 2 is 2.00 bits per heavy atom. The van der Waals surface area contributed by atoms with Crippen LogP contribution in [-0.2, 0) is 11.3 Å². The van der Waals surface area contributed by atoms with E-state index < -0.39 is 0 Å². The molecule has 0 radical (unpaired) electrons. The summed E-state index contributed by atoms with van der Waals surface area (Å²) in [6.07, 6.45) is 1.74. The monoisotopic (exact) mass is 250 g/mol. The predicted molar refractivity (Wildman–Crippen MR) is 73.3 cm³/mol. The summed E-state index contributed by atoms with van der Waals surface area (Å²) in [4.78, 5) is 19.9. The van der Waals surface area contributed by atoms with Crippen molar-refractivity contribution in [2.75, 3.05) is 31.6 Å². The number of carbonyl (C=O) groups is 1. The Hall–Kier alpha value is -1.62. The molecule has 1 rings (SSSR count). The van der Waals surface area contributed by atoms with E-state index in [0.717, 1.165) is 24.5 Å². The maximum Gasteiger partial charge on any atom is 0.242 e. The lowest BCUT2D eigenvalue weighted by atomic mass is 10.3. The fraction of sp³-hybridized carbons (Fsp3) is 0.538. The quantitative estimate of drug-likeness (QED) is 0.813. The summed E-state index contributed by atoms with van der Waals surface area (Å²) in [5, 5.41) is 0. The lowest BCUT2D eigenvalue weighted by Crippen LogP contribution is -2.39. The molecule has 0 fully saturated rings. The van der Waals surface area contributed by atoms with Crippen LogP contribution in [0.5, 0.6) is 0 Å². The third-order valence-corrected chi connectivity index (χ3v) is 2.92. The van der Waals surface area contributed by atoms with Crippen molar-refractivity contribution in [1.29, 1.82) is 0 Å². The van der Waals surface area contributed by atoms with Crippen molar-refractivity contribution in [2.45, 2.75) is 20.4 Å². The molecule has 0 aliphatic heterocycles. The highest BCUT2D eigenvalue weighted by molar-refractivity contribution is 5.81. The fourth-order valence-corrected chi connectivity index (χ4v) is 1.72. The van der Waals surface area contributed by atoms with Crippen molar-refractivity contribution < 1.29 is 4.79 Å². The maximum absolute atomic E-state index is 11.9. The maximum atomic E-state index is 11.9. The SMILES string of the molecule is CCN(CC)C(=O)CN(C)c1ccc(CN)cn1. The minimum Gasteiger partial charge on any atom is -0.350 e. The fourth-order valence-electron chi connectivity index (χ4n) is 1.72. The van der Waals surface area contributed by atoms with Gasteiger partial charge in [0.2, 0.25) is 5.91 Å². The molecule has 0 atom stereocenters. The minimum absolute atomic E-state index is 0.118. The molecule has 0 bridgehead atoms. The van der Waals surface area contributed by atoms with Crippen LogP contribution >= 0.6 is 0 Å². The van der Waals surface area contributed by atoms with Crippen molar-refractivity contribution in [2.24, 2.45) is 5.73 Å². The smallest absolute Gasteiger partial charge is 0.242 e. The van der Waals surface area contributed by atoms with Gasteiger partial charge in [0.1, 0.15) is 5.82 Å². The number of hydrogen-bond acceptors (Lipinski definition) is 4. The van der Waals surface area contributed by atoms with E-state index >= 15 is 0 Å². The summed E-state index contributed by atoms with van der Waals surface area (Å²) >= 11 is 0. The van der Waals surface area contributed by atoms with E-state index in [1.165, 1.54) is 0 Å². The first-order valence-electron chi connectivity index (χ1n) is 6.26. The van der Waals surface area contributed by atoms with Gasteiger partial charge in [-0.05, 0) is 25.5 Å². The molecule has 1 heterocycles. The molecule has 0 saturated heterocycles. The number of aromatic nitrogens is 1. The molecule has 2 N–H and O–H groups in total. The molecule has 1 aromatic rings. The Morgan fingerprint density at radius 1 is 1.33 bits per heavy atom. The first-order chi connectivity index (χ1) is 8.62. The number of nitrogens with two attached hydrogens (primary N) is 1. The largest absolute Gasteiger partial charge is 0.350 e. The van der Waals surface area contributed by atoms with Gasteiger partial charge in [-0.25, -0.2) is 4.98 Å². The molecule has 5 heteroatoms. The highest BCUT2D eigenvalue weighted by Crippen LogP contribution is 2.09. The van der Waals surface area contributed by atoms with Crippen molar-refractivity contribution >= 4 is 11.7 Å². The number of anilines is 1. The number of hydrogen-bond donors (Lipinski definition) is 1. The molecule has 0 aromatic carbocycles. The van der Waals surface area contributed by atoms with E-state index in [2.05, 4.69) is 4.98 Å². The van der Waals surface area contributed by atoms with Crippen LogP contribution in [0.2, 0.25) is 0 Å². The average Bonchev–Trinajstić information content (AvgIpc) is 2.40. The van der Waals surface area contributed by atoms with Crippen molar-refractivity contribution in [3.8, 4) is 0 Å². The van der Waals surface area contributed by atoms with Crippen LogP contribution in [0.1, 0.15) is 19.4 Å². The molecule has 0 saturated carbocycles. The summed E-state index contributed by atoms with van der Waals surface area (Å²) in [7, 11) is 1.87. The Labute approximate surface area is 109 Å². The van der Waals surface area contributed by atoms with Gasteiger partial charge in [0, 0.05) is 32.9 Å². The normalized spacial score (nSPS) is 10.2. The summed E-state index contributed by atoms with van der Waals surface area (Å²) in [6, 6.07) is 3.82. The van der Waals surface area contributed by atoms with Crippen LogP contribution < -0.4 is 10.6 Å². The molecular weight excluding hydrogens is 228 g/mol. The van der Waals surface area contributed by atoms with Crippen LogP contribution in [-0.4, -0.2) is 42.5 Å². The third-order valence-electron chi connectivity index (χ3n) is 2.92. The van der Waals surface area contributed by atoms with E-state index in [4.69, 9.17) is 5.73 Å². The van der Waals surface area contributed by atoms with Gasteiger partial charge >= 0.3 is 0 Å². The Balaban J connectivity index is 2.63. The number of rotatable bonds is 6. The van der Waals surface area contributed by atoms with Gasteiger partial charge in [0.25, 0.3) is 0 Å². The summed E-state index contributed by atoms with van der Waals surface area (Å²) < 4.78 is 0. The summed E-state index contributed by atoms with van der Waals surface area (Å²) in [5.41, 5.74) is 6.51. The molecule has 100 valence electrons. The molecular formula is C13H22N4O. The van der Waals surface area contributed by atoms with E-state index in [-0.39, 0.29) is 5.91 Å². The molecule has 5 nitrogen and oxygen atoms in total. The average molecular weight is 250 g/mol. The zero-order valence-corrected chi connectivity index (χ0v) is 11.4. The van der Waals surface area contributed by atoms with E-state index in [1.54, 1.807) is 6.20 Å². The highest BCUT2D eigenvalue weighted by Gasteiger charge is 2.13. The van der Waals surface area contributed by atoms with Gasteiger partial charge in [-0.3, -0.25) is 4.79 Å². The number of pyridine rings is 1. The van der Waals surface area contributed by atoms with Gasteiger partial charge < -0.3 is 15.5 Å². The number of likely N-dealkylation sites (N-methyl/N-ethyl adjacent to an activating group) is 2. The summed E-state index contributed by atoms with van der Waals surface area (Å²) in [5.74, 6) is 0.903. The zero-order chi connectivity index (χ0) is 13.5. The molecule has 0 unspecified atom stereocenters. The number of amides is 1. The Bertz CT molecular complexity index is 373. The van der Waals surface area contributed by atoms with Crippen LogP contribution in [0.3, 0.4) is 0 Å². The lowest BCUT2D eigenvalue weighted by Gasteiger charge is -2.23. The van der Waals surface area contributed by atoms with Gasteiger partial charge in [0.05, 0.1) is 6.54 Å². The number of carbonyl (C=O) groups excluding carboxylic acids is 1. The van der Waals surface area contributed by atoms with Crippen LogP contribution in [0.15, 0.2) is 18.3 Å². The van der Waals surface area contributed by atoms with Crippen molar-refractivity contribution in [3.05, 3.63) is 23.9 Å². The molecule has 0 aliphatic carbocycles. The van der Waals surface area contributed by atoms with Gasteiger partial charge in [0.15, 0.2) is 0 Å². The highest BCUT2D eigenvalue weighted by atomic mass is 16.2. The van der Waals surface area contributed by atoms with E-state index in [9.17, 15) is 4.79 Å². The third kappa shape index (κ3) is 3.70. The van der Waals surface area contributed by atoms with Gasteiger partial charge in [-0.1, -0.05) is 6.07 Å². The lowest BCUT2D eigenvalue weighted by molar-refractivity contribution is -0.129. The Morgan fingerprint density at radius 3 is 2.44 bits per heavy atom. The summed E-state index contributed by atoms with van der Waals surface area (Å²) in [6.45, 7) is 6.27. The predicted octanol–water partition coefficient (Wildman–Crippen LogP) is 0.845. The van der Waals surface area contributed by atoms with Crippen LogP contribution in [0, 0.1) is 0 Å². The molecule has 18 heavy (non-hydrogen) atoms. The van der Waals surface area contributed by atoms with Crippen LogP contribution in [0.25, 0.3) is 0 Å². The number of nitrogens with zero attached hydrogens (tertiary/aromatic N) is 3. The minimum atomic E-state index is 0.118. The topological polar surface area (TPSA) is 62.5 Å². The second kappa shape index (κ2) is 6.96. The Kier molecular flexibility index (Phi) is 5.58. The van der Waals surface area contributed by atoms with Crippen molar-refractivity contribution in [3.63, 3.8) is 0 Å². The molecule has 1 amide bonds. The van der Waals surface area contributed by atoms with E-state index in [0.29, 0.717) is 13.1 Å². The standard InChI is InChI=1S/C13H22N4O/c1-4-17(5-2)13(18)10-16(3)12-7-6-11(8-14)9-15-12/h6-7,9H,4-5,8,10,14H2,1-3H3. The first-order valence-corrected chi connectivity index (χ1v) is 6.26. The van der Waals surface area contributed by atoms with Crippen LogP contribution in [0.4, 0.5) is 5.82 Å².